The summed E-state index contributed by atoms with van der Waals surface area (Å²) in [6.45, 7) is 7.47. The SMILES string of the molecule is COc1ccc(N2CCN(CCCNc3c(C)c(=O)[nH]c(=O)n3C)CC2)cc1. The molecule has 0 amide bonds. The molecule has 3 rings (SSSR count). The molecule has 28 heavy (non-hydrogen) atoms. The molecular weight excluding hydrogens is 358 g/mol. The van der Waals surface area contributed by atoms with Gasteiger partial charge in [0, 0.05) is 45.5 Å². The van der Waals surface area contributed by atoms with Gasteiger partial charge in [-0.15, -0.1) is 0 Å². The van der Waals surface area contributed by atoms with Crippen LogP contribution in [0.5, 0.6) is 5.75 Å². The molecule has 1 saturated heterocycles. The van der Waals surface area contributed by atoms with Crippen molar-refractivity contribution in [2.75, 3.05) is 56.6 Å². The molecule has 1 aromatic carbocycles. The van der Waals surface area contributed by atoms with E-state index in [1.54, 1.807) is 21.1 Å². The Morgan fingerprint density at radius 3 is 2.43 bits per heavy atom. The minimum atomic E-state index is -0.396. The first kappa shape index (κ1) is 20.0. The molecule has 0 aliphatic carbocycles. The predicted molar refractivity (Wildman–Crippen MR) is 112 cm³/mol. The van der Waals surface area contributed by atoms with Gasteiger partial charge in [-0.05, 0) is 44.2 Å². The molecule has 0 bridgehead atoms. The lowest BCUT2D eigenvalue weighted by Gasteiger charge is -2.36. The smallest absolute Gasteiger partial charge is 0.329 e. The lowest BCUT2D eigenvalue weighted by Crippen LogP contribution is -2.46. The third kappa shape index (κ3) is 4.56. The van der Waals surface area contributed by atoms with Crippen molar-refractivity contribution in [3.05, 3.63) is 50.7 Å². The topological polar surface area (TPSA) is 82.6 Å². The number of H-pyrrole nitrogens is 1. The quantitative estimate of drug-likeness (QED) is 0.690. The standard InChI is InChI=1S/C20H29N5O3/c1-15-18(23(2)20(27)22-19(15)26)21-9-4-10-24-11-13-25(14-12-24)16-5-7-17(28-3)8-6-16/h5-8,21H,4,9-14H2,1-3H3,(H,22,26,27). The van der Waals surface area contributed by atoms with Crippen molar-refractivity contribution in [3.63, 3.8) is 0 Å². The number of anilines is 2. The van der Waals surface area contributed by atoms with Crippen molar-refractivity contribution < 1.29 is 4.74 Å². The predicted octanol–water partition coefficient (Wildman–Crippen LogP) is 1.01. The summed E-state index contributed by atoms with van der Waals surface area (Å²) in [5, 5.41) is 3.24. The fourth-order valence-electron chi connectivity index (χ4n) is 3.52. The van der Waals surface area contributed by atoms with Gasteiger partial charge in [0.1, 0.15) is 11.6 Å². The molecule has 152 valence electrons. The third-order valence-corrected chi connectivity index (χ3v) is 5.31. The van der Waals surface area contributed by atoms with Crippen LogP contribution < -0.4 is 26.2 Å². The molecule has 0 unspecified atom stereocenters. The number of hydrogen-bond acceptors (Lipinski definition) is 6. The van der Waals surface area contributed by atoms with Crippen LogP contribution in [0.4, 0.5) is 11.5 Å². The molecule has 1 aromatic heterocycles. The fraction of sp³-hybridized carbons (Fsp3) is 0.500. The number of ether oxygens (including phenoxy) is 1. The zero-order valence-electron chi connectivity index (χ0n) is 16.8. The summed E-state index contributed by atoms with van der Waals surface area (Å²) in [6.07, 6.45) is 0.947. The van der Waals surface area contributed by atoms with Gasteiger partial charge in [0.15, 0.2) is 0 Å². The number of rotatable bonds is 7. The van der Waals surface area contributed by atoms with Gasteiger partial charge in [-0.1, -0.05) is 0 Å². The van der Waals surface area contributed by atoms with Crippen molar-refractivity contribution in [3.8, 4) is 5.75 Å². The molecule has 8 heteroatoms. The van der Waals surface area contributed by atoms with Crippen LogP contribution in [0, 0.1) is 6.92 Å². The van der Waals surface area contributed by atoms with Crippen molar-refractivity contribution in [1.29, 1.82) is 0 Å². The summed E-state index contributed by atoms with van der Waals surface area (Å²) in [5.74, 6) is 1.47. The van der Waals surface area contributed by atoms with Crippen LogP contribution in [0.2, 0.25) is 0 Å². The fourth-order valence-corrected chi connectivity index (χ4v) is 3.52. The first-order valence-electron chi connectivity index (χ1n) is 9.64. The van der Waals surface area contributed by atoms with Crippen molar-refractivity contribution in [2.24, 2.45) is 7.05 Å². The Balaban J connectivity index is 1.44. The van der Waals surface area contributed by atoms with Crippen molar-refractivity contribution in [2.45, 2.75) is 13.3 Å². The van der Waals surface area contributed by atoms with Crippen molar-refractivity contribution in [1.82, 2.24) is 14.5 Å². The molecule has 1 fully saturated rings. The van der Waals surface area contributed by atoms with E-state index in [1.807, 2.05) is 12.1 Å². The molecule has 8 nitrogen and oxygen atoms in total. The molecule has 1 aliphatic rings. The van der Waals surface area contributed by atoms with Crippen LogP contribution in [-0.4, -0.2) is 60.8 Å². The number of aromatic amines is 1. The van der Waals surface area contributed by atoms with E-state index in [0.717, 1.165) is 51.4 Å². The Labute approximate surface area is 164 Å². The minimum absolute atomic E-state index is 0.333. The van der Waals surface area contributed by atoms with Gasteiger partial charge in [0.05, 0.1) is 12.7 Å². The average Bonchev–Trinajstić information content (AvgIpc) is 2.72. The average molecular weight is 387 g/mol. The highest BCUT2D eigenvalue weighted by atomic mass is 16.5. The Kier molecular flexibility index (Phi) is 6.41. The van der Waals surface area contributed by atoms with E-state index in [1.165, 1.54) is 10.3 Å². The number of nitrogens with one attached hydrogen (secondary N) is 2. The second-order valence-electron chi connectivity index (χ2n) is 7.10. The van der Waals surface area contributed by atoms with Crippen LogP contribution in [-0.2, 0) is 7.05 Å². The lowest BCUT2D eigenvalue weighted by atomic mass is 10.2. The largest absolute Gasteiger partial charge is 0.497 e. The summed E-state index contributed by atoms with van der Waals surface area (Å²) < 4.78 is 6.67. The Morgan fingerprint density at radius 1 is 1.11 bits per heavy atom. The van der Waals surface area contributed by atoms with Crippen molar-refractivity contribution >= 4 is 11.5 Å². The van der Waals surface area contributed by atoms with Crippen LogP contribution >= 0.6 is 0 Å². The minimum Gasteiger partial charge on any atom is -0.497 e. The molecule has 2 heterocycles. The Bertz CT molecular complexity index is 861. The zero-order valence-corrected chi connectivity index (χ0v) is 16.8. The first-order valence-corrected chi connectivity index (χ1v) is 9.64. The van der Waals surface area contributed by atoms with E-state index in [-0.39, 0.29) is 5.56 Å². The highest BCUT2D eigenvalue weighted by molar-refractivity contribution is 5.49. The van der Waals surface area contributed by atoms with E-state index in [9.17, 15) is 9.59 Å². The molecular formula is C20H29N5O3. The maximum atomic E-state index is 11.7. The number of aromatic nitrogens is 2. The Morgan fingerprint density at radius 2 is 1.79 bits per heavy atom. The highest BCUT2D eigenvalue weighted by Gasteiger charge is 2.17. The summed E-state index contributed by atoms with van der Waals surface area (Å²) in [5.41, 5.74) is 1.04. The van der Waals surface area contributed by atoms with Gasteiger partial charge in [-0.3, -0.25) is 19.2 Å². The molecule has 0 spiro atoms. The van der Waals surface area contributed by atoms with Gasteiger partial charge in [-0.25, -0.2) is 4.79 Å². The van der Waals surface area contributed by atoms with Crippen LogP contribution in [0.3, 0.4) is 0 Å². The van der Waals surface area contributed by atoms with Crippen LogP contribution in [0.25, 0.3) is 0 Å². The number of nitrogens with zero attached hydrogens (tertiary/aromatic N) is 3. The molecule has 0 saturated carbocycles. The van der Waals surface area contributed by atoms with Gasteiger partial charge in [0.2, 0.25) is 0 Å². The summed E-state index contributed by atoms with van der Waals surface area (Å²) in [7, 11) is 3.34. The number of methoxy groups -OCH3 is 1. The van der Waals surface area contributed by atoms with Crippen LogP contribution in [0.1, 0.15) is 12.0 Å². The summed E-state index contributed by atoms with van der Waals surface area (Å²) >= 11 is 0. The zero-order chi connectivity index (χ0) is 20.1. The molecule has 0 atom stereocenters. The number of hydrogen-bond donors (Lipinski definition) is 2. The first-order chi connectivity index (χ1) is 13.5. The maximum absolute atomic E-state index is 11.7. The van der Waals surface area contributed by atoms with E-state index in [0.29, 0.717) is 11.4 Å². The summed E-state index contributed by atoms with van der Waals surface area (Å²) in [4.78, 5) is 30.6. The van der Waals surface area contributed by atoms with E-state index in [4.69, 9.17) is 4.74 Å². The van der Waals surface area contributed by atoms with E-state index in [2.05, 4.69) is 32.2 Å². The van der Waals surface area contributed by atoms with E-state index >= 15 is 0 Å². The highest BCUT2D eigenvalue weighted by Crippen LogP contribution is 2.20. The van der Waals surface area contributed by atoms with Gasteiger partial charge in [0.25, 0.3) is 5.56 Å². The lowest BCUT2D eigenvalue weighted by molar-refractivity contribution is 0.257. The van der Waals surface area contributed by atoms with Crippen LogP contribution in [0.15, 0.2) is 33.9 Å². The normalized spacial score (nSPS) is 14.9. The molecule has 0 radical (unpaired) electrons. The van der Waals surface area contributed by atoms with Gasteiger partial charge >= 0.3 is 5.69 Å². The van der Waals surface area contributed by atoms with Gasteiger partial charge < -0.3 is 15.0 Å². The van der Waals surface area contributed by atoms with Gasteiger partial charge in [-0.2, -0.15) is 0 Å². The number of benzene rings is 1. The third-order valence-electron chi connectivity index (χ3n) is 5.31. The molecule has 2 aromatic rings. The summed E-state index contributed by atoms with van der Waals surface area (Å²) in [6, 6.07) is 8.20. The monoisotopic (exact) mass is 387 g/mol. The second-order valence-corrected chi connectivity index (χ2v) is 7.10. The second kappa shape index (κ2) is 8.97. The maximum Gasteiger partial charge on any atom is 0.329 e. The van der Waals surface area contributed by atoms with E-state index < -0.39 is 5.69 Å². The number of piperazine rings is 1. The molecule has 1 aliphatic heterocycles. The Hall–Kier alpha value is -2.74. The molecule has 2 N–H and O–H groups in total.